The van der Waals surface area contributed by atoms with Crippen LogP contribution in [0.25, 0.3) is 10.2 Å². The third kappa shape index (κ3) is 1.95. The summed E-state index contributed by atoms with van der Waals surface area (Å²) in [7, 11) is 0. The van der Waals surface area contributed by atoms with Crippen LogP contribution in [-0.2, 0) is 6.42 Å². The molecule has 2 rings (SSSR count). The number of thiazole rings is 1. The van der Waals surface area contributed by atoms with E-state index in [-0.39, 0.29) is 0 Å². The number of para-hydroxylation sites is 1. The Morgan fingerprint density at radius 3 is 2.86 bits per heavy atom. The van der Waals surface area contributed by atoms with Crippen molar-refractivity contribution in [3.05, 3.63) is 29.3 Å². The fourth-order valence-corrected chi connectivity index (χ4v) is 2.58. The van der Waals surface area contributed by atoms with Crippen molar-refractivity contribution in [3.8, 4) is 0 Å². The van der Waals surface area contributed by atoms with E-state index in [9.17, 15) is 0 Å². The zero-order valence-corrected chi connectivity index (χ0v) is 9.47. The zero-order valence-electron chi connectivity index (χ0n) is 8.66. The Hall–Kier alpha value is -0.890. The summed E-state index contributed by atoms with van der Waals surface area (Å²) in [5.41, 5.74) is 1.15. The number of benzene rings is 1. The minimum atomic E-state index is 0.746. The van der Waals surface area contributed by atoms with E-state index in [2.05, 4.69) is 43.1 Å². The van der Waals surface area contributed by atoms with Gasteiger partial charge in [0, 0.05) is 6.42 Å². The van der Waals surface area contributed by atoms with E-state index in [0.717, 1.165) is 17.9 Å². The summed E-state index contributed by atoms with van der Waals surface area (Å²) in [4.78, 5) is 4.62. The van der Waals surface area contributed by atoms with E-state index < -0.39 is 0 Å². The molecular weight excluding hydrogens is 190 g/mol. The Balaban J connectivity index is 2.27. The van der Waals surface area contributed by atoms with Gasteiger partial charge in [0.05, 0.1) is 15.2 Å². The topological polar surface area (TPSA) is 12.9 Å². The molecule has 0 fully saturated rings. The van der Waals surface area contributed by atoms with Gasteiger partial charge in [-0.15, -0.1) is 11.3 Å². The lowest BCUT2D eigenvalue weighted by Crippen LogP contribution is -1.96. The number of fused-ring (bicyclic) bond motifs is 1. The first-order valence-corrected chi connectivity index (χ1v) is 5.95. The standard InChI is InChI=1S/C12H15NS/c1-3-9(2)8-12-13-10-6-4-5-7-11(10)14-12/h4-7,9H,3,8H2,1-2H3. The van der Waals surface area contributed by atoms with Gasteiger partial charge in [0.2, 0.25) is 0 Å². The first-order valence-electron chi connectivity index (χ1n) is 5.14. The molecule has 1 aromatic carbocycles. The van der Waals surface area contributed by atoms with Crippen molar-refractivity contribution in [2.24, 2.45) is 5.92 Å². The number of aromatic nitrogens is 1. The molecule has 0 bridgehead atoms. The van der Waals surface area contributed by atoms with Gasteiger partial charge in [0.15, 0.2) is 0 Å². The molecule has 1 unspecified atom stereocenters. The summed E-state index contributed by atoms with van der Waals surface area (Å²) in [6, 6.07) is 8.36. The highest BCUT2D eigenvalue weighted by molar-refractivity contribution is 7.18. The zero-order chi connectivity index (χ0) is 9.97. The van der Waals surface area contributed by atoms with E-state index in [1.807, 2.05) is 11.3 Å². The van der Waals surface area contributed by atoms with Crippen molar-refractivity contribution in [1.29, 1.82) is 0 Å². The van der Waals surface area contributed by atoms with Gasteiger partial charge in [0.1, 0.15) is 0 Å². The van der Waals surface area contributed by atoms with Crippen molar-refractivity contribution in [3.63, 3.8) is 0 Å². The van der Waals surface area contributed by atoms with Crippen molar-refractivity contribution in [2.75, 3.05) is 0 Å². The lowest BCUT2D eigenvalue weighted by atomic mass is 10.1. The molecule has 0 aliphatic carbocycles. The fourth-order valence-electron chi connectivity index (χ4n) is 1.45. The molecule has 1 aromatic heterocycles. The van der Waals surface area contributed by atoms with Crippen LogP contribution in [0.2, 0.25) is 0 Å². The van der Waals surface area contributed by atoms with Gasteiger partial charge in [-0.1, -0.05) is 32.4 Å². The molecule has 74 valence electrons. The van der Waals surface area contributed by atoms with Crippen LogP contribution in [-0.4, -0.2) is 4.98 Å². The van der Waals surface area contributed by atoms with Crippen molar-refractivity contribution < 1.29 is 0 Å². The number of rotatable bonds is 3. The molecule has 0 aliphatic heterocycles. The van der Waals surface area contributed by atoms with Gasteiger partial charge in [-0.05, 0) is 18.1 Å². The Labute approximate surface area is 88.8 Å². The minimum Gasteiger partial charge on any atom is -0.241 e. The summed E-state index contributed by atoms with van der Waals surface area (Å²) in [5.74, 6) is 0.746. The molecule has 0 aliphatic rings. The normalized spacial score (nSPS) is 13.3. The molecule has 0 saturated carbocycles. The highest BCUT2D eigenvalue weighted by Crippen LogP contribution is 2.24. The monoisotopic (exact) mass is 205 g/mol. The summed E-state index contributed by atoms with van der Waals surface area (Å²) < 4.78 is 1.31. The predicted molar refractivity (Wildman–Crippen MR) is 62.8 cm³/mol. The largest absolute Gasteiger partial charge is 0.241 e. The first-order chi connectivity index (χ1) is 6.79. The predicted octanol–water partition coefficient (Wildman–Crippen LogP) is 3.88. The smallest absolute Gasteiger partial charge is 0.0941 e. The van der Waals surface area contributed by atoms with Gasteiger partial charge < -0.3 is 0 Å². The third-order valence-electron chi connectivity index (χ3n) is 2.56. The van der Waals surface area contributed by atoms with Crippen LogP contribution in [0.5, 0.6) is 0 Å². The SMILES string of the molecule is CCC(C)Cc1nc2ccccc2s1. The Morgan fingerprint density at radius 1 is 1.36 bits per heavy atom. The average Bonchev–Trinajstić information content (AvgIpc) is 2.59. The highest BCUT2D eigenvalue weighted by Gasteiger charge is 2.06. The molecule has 0 N–H and O–H groups in total. The lowest BCUT2D eigenvalue weighted by Gasteiger charge is -2.03. The Morgan fingerprint density at radius 2 is 2.14 bits per heavy atom. The molecule has 1 heterocycles. The summed E-state index contributed by atoms with van der Waals surface area (Å²) in [5, 5.41) is 1.28. The Kier molecular flexibility index (Phi) is 2.82. The quantitative estimate of drug-likeness (QED) is 0.741. The van der Waals surface area contributed by atoms with E-state index in [0.29, 0.717) is 0 Å². The van der Waals surface area contributed by atoms with Crippen LogP contribution >= 0.6 is 11.3 Å². The van der Waals surface area contributed by atoms with Crippen molar-refractivity contribution in [1.82, 2.24) is 4.98 Å². The van der Waals surface area contributed by atoms with Gasteiger partial charge in [0.25, 0.3) is 0 Å². The van der Waals surface area contributed by atoms with Crippen LogP contribution in [0.15, 0.2) is 24.3 Å². The van der Waals surface area contributed by atoms with E-state index in [1.165, 1.54) is 16.1 Å². The molecule has 0 saturated heterocycles. The second kappa shape index (κ2) is 4.09. The van der Waals surface area contributed by atoms with Gasteiger partial charge in [-0.25, -0.2) is 4.98 Å². The van der Waals surface area contributed by atoms with Crippen molar-refractivity contribution in [2.45, 2.75) is 26.7 Å². The maximum atomic E-state index is 4.62. The van der Waals surface area contributed by atoms with Crippen LogP contribution in [0.4, 0.5) is 0 Å². The summed E-state index contributed by atoms with van der Waals surface area (Å²) in [6.07, 6.45) is 2.35. The minimum absolute atomic E-state index is 0.746. The second-order valence-corrected chi connectivity index (χ2v) is 4.91. The molecule has 1 nitrogen and oxygen atoms in total. The number of hydrogen-bond acceptors (Lipinski definition) is 2. The maximum absolute atomic E-state index is 4.62. The number of hydrogen-bond donors (Lipinski definition) is 0. The molecule has 2 heteroatoms. The summed E-state index contributed by atoms with van der Waals surface area (Å²) >= 11 is 1.83. The van der Waals surface area contributed by atoms with Gasteiger partial charge in [-0.3, -0.25) is 0 Å². The van der Waals surface area contributed by atoms with E-state index in [4.69, 9.17) is 0 Å². The highest BCUT2D eigenvalue weighted by atomic mass is 32.1. The molecular formula is C12H15NS. The number of nitrogens with zero attached hydrogens (tertiary/aromatic N) is 1. The molecule has 2 aromatic rings. The molecule has 0 spiro atoms. The van der Waals surface area contributed by atoms with E-state index >= 15 is 0 Å². The van der Waals surface area contributed by atoms with Crippen LogP contribution in [0, 0.1) is 5.92 Å². The average molecular weight is 205 g/mol. The maximum Gasteiger partial charge on any atom is 0.0941 e. The van der Waals surface area contributed by atoms with Crippen LogP contribution < -0.4 is 0 Å². The third-order valence-corrected chi connectivity index (χ3v) is 3.62. The Bertz CT molecular complexity index is 386. The lowest BCUT2D eigenvalue weighted by molar-refractivity contribution is 0.559. The molecule has 0 amide bonds. The fraction of sp³-hybridized carbons (Fsp3) is 0.417. The van der Waals surface area contributed by atoms with Gasteiger partial charge >= 0.3 is 0 Å². The van der Waals surface area contributed by atoms with Crippen molar-refractivity contribution >= 4 is 21.6 Å². The van der Waals surface area contributed by atoms with Crippen LogP contribution in [0.1, 0.15) is 25.3 Å². The van der Waals surface area contributed by atoms with Gasteiger partial charge in [-0.2, -0.15) is 0 Å². The first kappa shape index (κ1) is 9.66. The van der Waals surface area contributed by atoms with Crippen LogP contribution in [0.3, 0.4) is 0 Å². The summed E-state index contributed by atoms with van der Waals surface area (Å²) in [6.45, 7) is 4.52. The molecule has 1 atom stereocenters. The van der Waals surface area contributed by atoms with E-state index in [1.54, 1.807) is 0 Å². The molecule has 0 radical (unpaired) electrons. The second-order valence-electron chi connectivity index (χ2n) is 3.79. The molecule has 14 heavy (non-hydrogen) atoms.